The summed E-state index contributed by atoms with van der Waals surface area (Å²) in [5, 5.41) is 3.71. The summed E-state index contributed by atoms with van der Waals surface area (Å²) in [5.74, 6) is 0.282. The number of aryl methyl sites for hydroxylation is 2. The van der Waals surface area contributed by atoms with E-state index in [4.69, 9.17) is 11.6 Å². The maximum Gasteiger partial charge on any atom is 0.143 e. The molecule has 0 bridgehead atoms. The standard InChI is InChI=1S/C21H17ClFN3/c1-13-6-9-15(10-7-13)24-21-20(19-16(22)4-3-5-17(19)23)25-18-11-8-14(2)12-26(18)21/h3-12,24H,1-2H3. The number of nitrogens with one attached hydrogen (secondary N) is 1. The SMILES string of the molecule is Cc1ccc(Nc2c(-c3c(F)cccc3Cl)nc3ccc(C)cn23)cc1. The Morgan fingerprint density at radius 1 is 0.962 bits per heavy atom. The Hall–Kier alpha value is -2.85. The number of benzene rings is 2. The van der Waals surface area contributed by atoms with Crippen LogP contribution in [0.25, 0.3) is 16.9 Å². The van der Waals surface area contributed by atoms with Gasteiger partial charge in [0.2, 0.25) is 0 Å². The number of imidazole rings is 1. The Labute approximate surface area is 156 Å². The van der Waals surface area contributed by atoms with E-state index in [1.807, 2.05) is 60.8 Å². The lowest BCUT2D eigenvalue weighted by Gasteiger charge is -2.11. The van der Waals surface area contributed by atoms with E-state index in [1.54, 1.807) is 12.1 Å². The molecule has 1 N–H and O–H groups in total. The lowest BCUT2D eigenvalue weighted by atomic mass is 10.1. The summed E-state index contributed by atoms with van der Waals surface area (Å²) >= 11 is 6.30. The molecule has 2 aromatic carbocycles. The number of fused-ring (bicyclic) bond motifs is 1. The van der Waals surface area contributed by atoms with Crippen molar-refractivity contribution in [2.75, 3.05) is 5.32 Å². The first-order valence-corrected chi connectivity index (χ1v) is 8.67. The molecule has 0 aliphatic carbocycles. The molecule has 4 rings (SSSR count). The van der Waals surface area contributed by atoms with Crippen molar-refractivity contribution >= 4 is 28.8 Å². The Balaban J connectivity index is 1.96. The van der Waals surface area contributed by atoms with Crippen molar-refractivity contribution in [2.24, 2.45) is 0 Å². The zero-order chi connectivity index (χ0) is 18.3. The summed E-state index contributed by atoms with van der Waals surface area (Å²) < 4.78 is 16.5. The van der Waals surface area contributed by atoms with Crippen molar-refractivity contribution in [3.8, 4) is 11.3 Å². The van der Waals surface area contributed by atoms with E-state index in [0.29, 0.717) is 22.1 Å². The molecular formula is C21H17ClFN3. The van der Waals surface area contributed by atoms with E-state index in [2.05, 4.69) is 10.3 Å². The smallest absolute Gasteiger partial charge is 0.143 e. The van der Waals surface area contributed by atoms with Crippen LogP contribution in [0.1, 0.15) is 11.1 Å². The number of halogens is 2. The second-order valence-electron chi connectivity index (χ2n) is 6.33. The summed E-state index contributed by atoms with van der Waals surface area (Å²) in [6, 6.07) is 16.6. The second-order valence-corrected chi connectivity index (χ2v) is 6.74. The maximum atomic E-state index is 14.6. The van der Waals surface area contributed by atoms with Crippen molar-refractivity contribution < 1.29 is 4.39 Å². The van der Waals surface area contributed by atoms with Gasteiger partial charge in [0.05, 0.1) is 10.6 Å². The largest absolute Gasteiger partial charge is 0.339 e. The van der Waals surface area contributed by atoms with Gasteiger partial charge in [-0.25, -0.2) is 9.37 Å². The van der Waals surface area contributed by atoms with Crippen LogP contribution in [-0.4, -0.2) is 9.38 Å². The van der Waals surface area contributed by atoms with Gasteiger partial charge in [0.25, 0.3) is 0 Å². The van der Waals surface area contributed by atoms with Crippen LogP contribution >= 0.6 is 11.6 Å². The topological polar surface area (TPSA) is 29.3 Å². The average Bonchev–Trinajstić information content (AvgIpc) is 2.94. The lowest BCUT2D eigenvalue weighted by molar-refractivity contribution is 0.631. The van der Waals surface area contributed by atoms with E-state index in [9.17, 15) is 4.39 Å². The Morgan fingerprint density at radius 3 is 2.42 bits per heavy atom. The van der Waals surface area contributed by atoms with Crippen LogP contribution in [0.4, 0.5) is 15.9 Å². The molecule has 130 valence electrons. The summed E-state index contributed by atoms with van der Waals surface area (Å²) in [5.41, 5.74) is 4.64. The molecule has 0 fully saturated rings. The molecule has 0 saturated heterocycles. The minimum absolute atomic E-state index is 0.296. The highest BCUT2D eigenvalue weighted by atomic mass is 35.5. The predicted molar refractivity (Wildman–Crippen MR) is 105 cm³/mol. The van der Waals surface area contributed by atoms with Crippen molar-refractivity contribution in [1.29, 1.82) is 0 Å². The third kappa shape index (κ3) is 2.93. The number of nitrogens with zero attached hydrogens (tertiary/aromatic N) is 2. The number of hydrogen-bond acceptors (Lipinski definition) is 2. The predicted octanol–water partition coefficient (Wildman–Crippen LogP) is 6.15. The summed E-state index contributed by atoms with van der Waals surface area (Å²) in [4.78, 5) is 4.64. The first-order chi connectivity index (χ1) is 12.5. The Bertz CT molecular complexity index is 1080. The van der Waals surface area contributed by atoms with Crippen molar-refractivity contribution in [1.82, 2.24) is 9.38 Å². The third-order valence-corrected chi connectivity index (χ3v) is 4.60. The highest BCUT2D eigenvalue weighted by Crippen LogP contribution is 2.37. The molecule has 0 atom stereocenters. The van der Waals surface area contributed by atoms with Gasteiger partial charge in [-0.1, -0.05) is 41.4 Å². The highest BCUT2D eigenvalue weighted by molar-refractivity contribution is 6.33. The molecule has 3 nitrogen and oxygen atoms in total. The van der Waals surface area contributed by atoms with E-state index < -0.39 is 5.82 Å². The molecule has 0 aliphatic heterocycles. The van der Waals surface area contributed by atoms with E-state index in [0.717, 1.165) is 16.9 Å². The van der Waals surface area contributed by atoms with Crippen LogP contribution < -0.4 is 5.32 Å². The van der Waals surface area contributed by atoms with Crippen LogP contribution in [0.15, 0.2) is 60.8 Å². The molecule has 0 unspecified atom stereocenters. The van der Waals surface area contributed by atoms with E-state index in [1.165, 1.54) is 11.6 Å². The summed E-state index contributed by atoms with van der Waals surface area (Å²) in [6.45, 7) is 4.04. The fraction of sp³-hybridized carbons (Fsp3) is 0.0952. The van der Waals surface area contributed by atoms with Gasteiger partial charge in [0.1, 0.15) is 23.0 Å². The molecule has 2 aromatic heterocycles. The van der Waals surface area contributed by atoms with Gasteiger partial charge >= 0.3 is 0 Å². The van der Waals surface area contributed by atoms with Crippen LogP contribution in [-0.2, 0) is 0 Å². The molecule has 5 heteroatoms. The van der Waals surface area contributed by atoms with Crippen LogP contribution in [0, 0.1) is 19.7 Å². The van der Waals surface area contributed by atoms with Crippen LogP contribution in [0.2, 0.25) is 5.02 Å². The zero-order valence-electron chi connectivity index (χ0n) is 14.4. The van der Waals surface area contributed by atoms with Gasteiger partial charge in [-0.3, -0.25) is 4.40 Å². The van der Waals surface area contributed by atoms with Gasteiger partial charge in [-0.2, -0.15) is 0 Å². The molecule has 0 aliphatic rings. The molecule has 26 heavy (non-hydrogen) atoms. The van der Waals surface area contributed by atoms with E-state index >= 15 is 0 Å². The Morgan fingerprint density at radius 2 is 1.69 bits per heavy atom. The van der Waals surface area contributed by atoms with Gasteiger partial charge in [0.15, 0.2) is 0 Å². The molecule has 2 heterocycles. The molecular weight excluding hydrogens is 349 g/mol. The molecule has 0 saturated carbocycles. The monoisotopic (exact) mass is 365 g/mol. The fourth-order valence-electron chi connectivity index (χ4n) is 2.94. The molecule has 4 aromatic rings. The van der Waals surface area contributed by atoms with Gasteiger partial charge < -0.3 is 5.32 Å². The molecule has 0 radical (unpaired) electrons. The van der Waals surface area contributed by atoms with Gasteiger partial charge in [0, 0.05) is 11.9 Å². The van der Waals surface area contributed by atoms with Gasteiger partial charge in [-0.15, -0.1) is 0 Å². The van der Waals surface area contributed by atoms with Crippen molar-refractivity contribution in [3.05, 3.63) is 82.8 Å². The highest BCUT2D eigenvalue weighted by Gasteiger charge is 2.20. The third-order valence-electron chi connectivity index (χ3n) is 4.28. The molecule has 0 spiro atoms. The van der Waals surface area contributed by atoms with Crippen LogP contribution in [0.3, 0.4) is 0 Å². The number of aromatic nitrogens is 2. The minimum atomic E-state index is -0.399. The minimum Gasteiger partial charge on any atom is -0.339 e. The fourth-order valence-corrected chi connectivity index (χ4v) is 3.19. The van der Waals surface area contributed by atoms with Gasteiger partial charge in [-0.05, 0) is 49.7 Å². The first-order valence-electron chi connectivity index (χ1n) is 8.30. The molecule has 0 amide bonds. The van der Waals surface area contributed by atoms with Crippen molar-refractivity contribution in [2.45, 2.75) is 13.8 Å². The number of anilines is 2. The zero-order valence-corrected chi connectivity index (χ0v) is 15.2. The maximum absolute atomic E-state index is 14.6. The average molecular weight is 366 g/mol. The number of pyridine rings is 1. The number of hydrogen-bond donors (Lipinski definition) is 1. The summed E-state index contributed by atoms with van der Waals surface area (Å²) in [7, 11) is 0. The first kappa shape index (κ1) is 16.6. The summed E-state index contributed by atoms with van der Waals surface area (Å²) in [6.07, 6.45) is 1.97. The second kappa shape index (κ2) is 6.46. The van der Waals surface area contributed by atoms with E-state index in [-0.39, 0.29) is 0 Å². The Kier molecular flexibility index (Phi) is 4.13. The van der Waals surface area contributed by atoms with Crippen LogP contribution in [0.5, 0.6) is 0 Å². The van der Waals surface area contributed by atoms with Crippen molar-refractivity contribution in [3.63, 3.8) is 0 Å². The lowest BCUT2D eigenvalue weighted by Crippen LogP contribution is -1.98. The number of rotatable bonds is 3. The quantitative estimate of drug-likeness (QED) is 0.471. The normalized spacial score (nSPS) is 11.1.